The lowest BCUT2D eigenvalue weighted by Gasteiger charge is -2.37. The number of hydrogen-bond acceptors (Lipinski definition) is 4. The third kappa shape index (κ3) is 6.61. The van der Waals surface area contributed by atoms with Gasteiger partial charge in [0.05, 0.1) is 18.5 Å². The molecule has 5 nitrogen and oxygen atoms in total. The van der Waals surface area contributed by atoms with Gasteiger partial charge in [-0.25, -0.2) is 4.39 Å². The summed E-state index contributed by atoms with van der Waals surface area (Å²) in [6.07, 6.45) is 5.32. The molecule has 1 fully saturated rings. The maximum Gasteiger partial charge on any atom is 0.308 e. The highest BCUT2D eigenvalue weighted by Gasteiger charge is 2.34. The molecule has 1 N–H and O–H groups in total. The number of methoxy groups -OCH3 is 1. The van der Waals surface area contributed by atoms with E-state index >= 15 is 4.39 Å². The van der Waals surface area contributed by atoms with Crippen LogP contribution in [0.15, 0.2) is 54.7 Å². The fraction of sp³-hybridized carbons (Fsp3) is 0.467. The number of fused-ring (bicyclic) bond motifs is 1. The van der Waals surface area contributed by atoms with E-state index in [0.717, 1.165) is 49.7 Å². The summed E-state index contributed by atoms with van der Waals surface area (Å²) in [5, 5.41) is 10.7. The molecule has 4 rings (SSSR count). The van der Waals surface area contributed by atoms with Crippen LogP contribution in [0.2, 0.25) is 0 Å². The van der Waals surface area contributed by atoms with Gasteiger partial charge >= 0.3 is 5.97 Å². The largest absolute Gasteiger partial charge is 0.497 e. The number of nitrogens with zero attached hydrogens (tertiary/aromatic N) is 2. The van der Waals surface area contributed by atoms with Crippen molar-refractivity contribution in [2.75, 3.05) is 26.7 Å². The van der Waals surface area contributed by atoms with Crippen LogP contribution < -0.4 is 4.74 Å². The van der Waals surface area contributed by atoms with Crippen LogP contribution in [0, 0.1) is 18.8 Å². The summed E-state index contributed by atoms with van der Waals surface area (Å²) in [6.45, 7) is 4.46. The zero-order valence-electron chi connectivity index (χ0n) is 21.3. The predicted molar refractivity (Wildman–Crippen MR) is 141 cm³/mol. The summed E-state index contributed by atoms with van der Waals surface area (Å²) in [4.78, 5) is 18.7. The highest BCUT2D eigenvalue weighted by atomic mass is 19.1. The molecule has 1 aromatic heterocycles. The summed E-state index contributed by atoms with van der Waals surface area (Å²) < 4.78 is 20.7. The summed E-state index contributed by atoms with van der Waals surface area (Å²) >= 11 is 0. The fourth-order valence-electron chi connectivity index (χ4n) is 5.49. The number of rotatable bonds is 11. The zero-order chi connectivity index (χ0) is 25.5. The first-order valence-corrected chi connectivity index (χ1v) is 13.0. The van der Waals surface area contributed by atoms with Crippen molar-refractivity contribution in [1.29, 1.82) is 0 Å². The van der Waals surface area contributed by atoms with Crippen molar-refractivity contribution in [3.63, 3.8) is 0 Å². The Morgan fingerprint density at radius 2 is 2.08 bits per heavy atom. The second kappa shape index (κ2) is 12.3. The number of pyridine rings is 1. The van der Waals surface area contributed by atoms with Crippen LogP contribution in [0.25, 0.3) is 10.9 Å². The number of halogens is 1. The normalized spacial score (nSPS) is 19.3. The highest BCUT2D eigenvalue weighted by Crippen LogP contribution is 2.35. The van der Waals surface area contributed by atoms with Gasteiger partial charge in [0.1, 0.15) is 11.9 Å². The number of unbranched alkanes of at least 4 members (excludes halogenated alkanes) is 1. The Hall–Kier alpha value is -2.99. The number of aliphatic carboxylic acids is 1. The molecule has 0 saturated carbocycles. The Bertz CT molecular complexity index is 1170. The van der Waals surface area contributed by atoms with Gasteiger partial charge in [0.2, 0.25) is 0 Å². The Morgan fingerprint density at radius 1 is 1.22 bits per heavy atom. The first kappa shape index (κ1) is 26.1. The lowest BCUT2D eigenvalue weighted by atomic mass is 9.81. The number of alkyl halides is 1. The summed E-state index contributed by atoms with van der Waals surface area (Å²) in [5.74, 6) is -0.552. The van der Waals surface area contributed by atoms with E-state index in [2.05, 4.69) is 41.1 Å². The third-order valence-electron chi connectivity index (χ3n) is 7.54. The minimum atomic E-state index is -1.17. The molecule has 192 valence electrons. The number of carbonyl (C=O) groups is 1. The van der Waals surface area contributed by atoms with Gasteiger partial charge in [-0.15, -0.1) is 0 Å². The van der Waals surface area contributed by atoms with Crippen LogP contribution >= 0.6 is 0 Å². The number of hydrogen-bond donors (Lipinski definition) is 1. The average Bonchev–Trinajstić information content (AvgIpc) is 2.89. The maximum atomic E-state index is 15.4. The molecule has 2 aromatic carbocycles. The summed E-state index contributed by atoms with van der Waals surface area (Å²) in [5.41, 5.74) is 3.97. The maximum absolute atomic E-state index is 15.4. The molecule has 1 aliphatic heterocycles. The van der Waals surface area contributed by atoms with Gasteiger partial charge in [-0.05, 0) is 99.8 Å². The standard InChI is InChI=1S/C30H37FN2O3/c1-21-6-5-8-22(18-21)7-3-4-16-33-17-14-23(27(20-33)30(34)35)9-11-28(31)25-13-15-32-29-12-10-24(36-2)19-26(25)29/h5-6,8,10,12-13,15,18-19,23,27-28H,3-4,7,9,11,14,16-17,20H2,1-2H3,(H,34,35)/t23-,27+,28?/m1/s1. The molecule has 0 aliphatic carbocycles. The molecular formula is C30H37FN2O3. The second-order valence-electron chi connectivity index (χ2n) is 10.1. The van der Waals surface area contributed by atoms with Gasteiger partial charge in [0, 0.05) is 18.1 Å². The number of aromatic nitrogens is 1. The summed E-state index contributed by atoms with van der Waals surface area (Å²) in [6, 6.07) is 15.8. The van der Waals surface area contributed by atoms with Crippen LogP contribution in [0.3, 0.4) is 0 Å². The zero-order valence-corrected chi connectivity index (χ0v) is 21.3. The van der Waals surface area contributed by atoms with E-state index in [4.69, 9.17) is 4.74 Å². The van der Waals surface area contributed by atoms with Crippen molar-refractivity contribution in [3.05, 3.63) is 71.4 Å². The number of carboxylic acid groups (broad SMARTS) is 1. The van der Waals surface area contributed by atoms with Crippen molar-refractivity contribution in [1.82, 2.24) is 9.88 Å². The predicted octanol–water partition coefficient (Wildman–Crippen LogP) is 6.39. The molecule has 2 heterocycles. The SMILES string of the molecule is COc1ccc2nccc(C(F)CC[C@@H]3CCN(CCCCc4cccc(C)c4)C[C@@H]3C(=O)O)c2c1. The van der Waals surface area contributed by atoms with Crippen molar-refractivity contribution >= 4 is 16.9 Å². The number of benzene rings is 2. The van der Waals surface area contributed by atoms with E-state index < -0.39 is 18.1 Å². The van der Waals surface area contributed by atoms with Crippen LogP contribution in [-0.4, -0.2) is 47.7 Å². The lowest BCUT2D eigenvalue weighted by Crippen LogP contribution is -2.44. The molecule has 1 unspecified atom stereocenters. The van der Waals surface area contributed by atoms with Crippen molar-refractivity contribution < 1.29 is 19.0 Å². The Balaban J connectivity index is 1.29. The Morgan fingerprint density at radius 3 is 2.86 bits per heavy atom. The molecule has 1 aliphatic rings. The van der Waals surface area contributed by atoms with Crippen LogP contribution in [0.1, 0.15) is 55.0 Å². The number of aryl methyl sites for hydroxylation is 2. The minimum absolute atomic E-state index is 0.00747. The highest BCUT2D eigenvalue weighted by molar-refractivity contribution is 5.83. The molecule has 1 saturated heterocycles. The van der Waals surface area contributed by atoms with Crippen LogP contribution in [-0.2, 0) is 11.2 Å². The van der Waals surface area contributed by atoms with Crippen LogP contribution in [0.5, 0.6) is 5.75 Å². The van der Waals surface area contributed by atoms with Gasteiger partial charge in [-0.1, -0.05) is 29.8 Å². The Labute approximate surface area is 213 Å². The molecule has 36 heavy (non-hydrogen) atoms. The van der Waals surface area contributed by atoms with Gasteiger partial charge < -0.3 is 14.7 Å². The van der Waals surface area contributed by atoms with Crippen molar-refractivity contribution in [2.45, 2.75) is 51.6 Å². The van der Waals surface area contributed by atoms with Crippen molar-refractivity contribution in [3.8, 4) is 5.75 Å². The molecule has 0 radical (unpaired) electrons. The van der Waals surface area contributed by atoms with E-state index in [9.17, 15) is 9.90 Å². The third-order valence-corrected chi connectivity index (χ3v) is 7.54. The monoisotopic (exact) mass is 492 g/mol. The molecule has 6 heteroatoms. The average molecular weight is 493 g/mol. The van der Waals surface area contributed by atoms with E-state index in [-0.39, 0.29) is 5.92 Å². The second-order valence-corrected chi connectivity index (χ2v) is 10.1. The lowest BCUT2D eigenvalue weighted by molar-refractivity contribution is -0.146. The smallest absolute Gasteiger partial charge is 0.308 e. The van der Waals surface area contributed by atoms with Gasteiger partial charge in [0.15, 0.2) is 0 Å². The summed E-state index contributed by atoms with van der Waals surface area (Å²) in [7, 11) is 1.59. The molecule has 3 atom stereocenters. The van der Waals surface area contributed by atoms with Gasteiger partial charge in [-0.3, -0.25) is 9.78 Å². The quantitative estimate of drug-likeness (QED) is 0.314. The van der Waals surface area contributed by atoms with E-state index in [1.54, 1.807) is 19.4 Å². The topological polar surface area (TPSA) is 62.7 Å². The molecular weight excluding hydrogens is 455 g/mol. The van der Waals surface area contributed by atoms with Gasteiger partial charge in [-0.2, -0.15) is 0 Å². The van der Waals surface area contributed by atoms with Gasteiger partial charge in [0.25, 0.3) is 0 Å². The van der Waals surface area contributed by atoms with E-state index in [0.29, 0.717) is 30.7 Å². The Kier molecular flexibility index (Phi) is 8.92. The first-order chi connectivity index (χ1) is 17.4. The first-order valence-electron chi connectivity index (χ1n) is 13.0. The number of ether oxygens (including phenoxy) is 1. The van der Waals surface area contributed by atoms with Crippen molar-refractivity contribution in [2.24, 2.45) is 11.8 Å². The minimum Gasteiger partial charge on any atom is -0.497 e. The molecule has 0 bridgehead atoms. The number of piperidine rings is 1. The fourth-order valence-corrected chi connectivity index (χ4v) is 5.49. The van der Waals surface area contributed by atoms with Crippen LogP contribution in [0.4, 0.5) is 4.39 Å². The number of likely N-dealkylation sites (tertiary alicyclic amines) is 1. The molecule has 0 spiro atoms. The number of carboxylic acids is 1. The molecule has 3 aromatic rings. The molecule has 0 amide bonds. The van der Waals surface area contributed by atoms with E-state index in [1.807, 2.05) is 18.2 Å². The van der Waals surface area contributed by atoms with E-state index in [1.165, 1.54) is 11.1 Å².